The first-order valence-electron chi connectivity index (χ1n) is 0.204. The summed E-state index contributed by atoms with van der Waals surface area (Å²) >= 11 is 0.750. The molecule has 0 aliphatic carbocycles. The van der Waals surface area contributed by atoms with Crippen LogP contribution in [0.2, 0.25) is 0 Å². The molecule has 0 radical (unpaired) electrons. The second-order valence-corrected chi connectivity index (χ2v) is 0. The van der Waals surface area contributed by atoms with Crippen molar-refractivity contribution in [2.75, 3.05) is 0 Å². The van der Waals surface area contributed by atoms with E-state index in [0.717, 1.165) is 20.4 Å². The summed E-state index contributed by atoms with van der Waals surface area (Å²) in [5.41, 5.74) is 0. The van der Waals surface area contributed by atoms with Gasteiger partial charge < -0.3 is 2.85 Å². The zero-order chi connectivity index (χ0) is 2.00. The smallest absolute Gasteiger partial charge is 0 e. The van der Waals surface area contributed by atoms with Crippen molar-refractivity contribution in [2.24, 2.45) is 0 Å². The predicted molar refractivity (Wildman–Crippen MR) is 8.66 cm³/mol. The van der Waals surface area contributed by atoms with Crippen LogP contribution in [0.1, 0.15) is 2.85 Å². The quantitative estimate of drug-likeness (QED) is 0.562. The Morgan fingerprint density at radius 3 is 1.50 bits per heavy atom. The summed E-state index contributed by atoms with van der Waals surface area (Å²) in [5.74, 6) is 0. The zero-order valence-electron chi connectivity index (χ0n) is 4.12. The summed E-state index contributed by atoms with van der Waals surface area (Å²) in [5, 5.41) is 0. The van der Waals surface area contributed by atoms with Crippen molar-refractivity contribution in [2.45, 2.75) is 0 Å². The topological polar surface area (TPSA) is 17.1 Å². The van der Waals surface area contributed by atoms with E-state index in [1.165, 1.54) is 0 Å². The van der Waals surface area contributed by atoms with Gasteiger partial charge >= 0.3 is 72.6 Å². The van der Waals surface area contributed by atoms with Gasteiger partial charge in [-0.05, 0) is 0 Å². The van der Waals surface area contributed by atoms with Gasteiger partial charge in [0, 0.05) is 26.2 Å². The van der Waals surface area contributed by atoms with Gasteiger partial charge in [0.05, 0.1) is 0 Å². The second-order valence-electron chi connectivity index (χ2n) is 0. The molecular formula is H2BaOTiZr. The maximum absolute atomic E-state index is 8.25. The van der Waals surface area contributed by atoms with Crippen LogP contribution in [0.5, 0.6) is 0 Å². The standard InChI is InChI=1S/Ba.O.Ti.Zr.2H/q+2;;;;2*-1. The van der Waals surface area contributed by atoms with E-state index >= 15 is 0 Å². The number of rotatable bonds is 0. The summed E-state index contributed by atoms with van der Waals surface area (Å²) in [6.45, 7) is 0. The Morgan fingerprint density at radius 1 is 1.50 bits per heavy atom. The van der Waals surface area contributed by atoms with E-state index in [-0.39, 0.29) is 77.9 Å². The maximum atomic E-state index is 8.25. The fraction of sp³-hybridized carbons (Fsp3) is 0. The number of hydrogen-bond donors (Lipinski definition) is 0. The second kappa shape index (κ2) is 16.7. The minimum Gasteiger partial charge on any atom is 0 e. The molecule has 0 spiro atoms. The molecule has 0 saturated heterocycles. The van der Waals surface area contributed by atoms with Crippen LogP contribution in [0.3, 0.4) is 0 Å². The molecular weight excluding hydrogens is 292 g/mol. The fourth-order valence-corrected chi connectivity index (χ4v) is 0. The van der Waals surface area contributed by atoms with Crippen LogP contribution in [0, 0.1) is 0 Å². The average Bonchev–Trinajstić information content (AvgIpc) is 1.00. The van der Waals surface area contributed by atoms with E-state index in [9.17, 15) is 0 Å². The molecule has 0 atom stereocenters. The third-order valence-electron chi connectivity index (χ3n) is 0. The van der Waals surface area contributed by atoms with Crippen LogP contribution in [0.4, 0.5) is 0 Å². The van der Waals surface area contributed by atoms with Crippen LogP contribution < -0.4 is 0 Å². The van der Waals surface area contributed by atoms with Crippen molar-refractivity contribution in [3.8, 4) is 0 Å². The Morgan fingerprint density at radius 2 is 1.50 bits per heavy atom. The normalized spacial score (nSPS) is 0.750. The van der Waals surface area contributed by atoms with E-state index in [1.807, 2.05) is 0 Å². The molecule has 0 aromatic rings. The van der Waals surface area contributed by atoms with Gasteiger partial charge in [0.1, 0.15) is 0 Å². The van der Waals surface area contributed by atoms with Crippen molar-refractivity contribution in [1.82, 2.24) is 0 Å². The summed E-state index contributed by atoms with van der Waals surface area (Å²) in [6, 6.07) is 0. The molecule has 4 heteroatoms. The van der Waals surface area contributed by atoms with Gasteiger partial charge in [0.25, 0.3) is 0 Å². The predicted octanol–water partition coefficient (Wildman–Crippen LogP) is -0.280. The molecule has 0 aliphatic rings. The van der Waals surface area contributed by atoms with E-state index in [1.54, 1.807) is 0 Å². The van der Waals surface area contributed by atoms with Gasteiger partial charge in [-0.3, -0.25) is 0 Å². The largest absolute Gasteiger partial charge is 0 e. The third kappa shape index (κ3) is 8.88. The Balaban J connectivity index is -0.000000000833. The van der Waals surface area contributed by atoms with Crippen molar-refractivity contribution >= 4 is 48.9 Å². The molecule has 18 valence electrons. The first kappa shape index (κ1) is 15.8. The molecule has 0 unspecified atom stereocenters. The Kier molecular flexibility index (Phi) is 65.9. The van der Waals surface area contributed by atoms with Crippen LogP contribution in [0.15, 0.2) is 0 Å². The minimum absolute atomic E-state index is 0. The summed E-state index contributed by atoms with van der Waals surface area (Å²) in [6.07, 6.45) is 0. The van der Waals surface area contributed by atoms with Crippen molar-refractivity contribution in [3.63, 3.8) is 0 Å². The summed E-state index contributed by atoms with van der Waals surface area (Å²) < 4.78 is 8.25. The third-order valence-corrected chi connectivity index (χ3v) is 0. The van der Waals surface area contributed by atoms with Gasteiger partial charge in [-0.15, -0.1) is 0 Å². The first-order chi connectivity index (χ1) is 1.00. The molecule has 0 bridgehead atoms. The maximum Gasteiger partial charge on any atom is 0 e. The van der Waals surface area contributed by atoms with Gasteiger partial charge in [0.15, 0.2) is 0 Å². The summed E-state index contributed by atoms with van der Waals surface area (Å²) in [4.78, 5) is 0. The molecule has 0 aromatic heterocycles. The van der Waals surface area contributed by atoms with Gasteiger partial charge in [-0.1, -0.05) is 0 Å². The van der Waals surface area contributed by atoms with Crippen LogP contribution in [-0.4, -0.2) is 48.9 Å². The summed E-state index contributed by atoms with van der Waals surface area (Å²) in [7, 11) is 0. The molecule has 0 fully saturated rings. The SMILES string of the molecule is [Ba+2].[H-].[H-].[O]=[Ti].[Zr]. The van der Waals surface area contributed by atoms with E-state index in [2.05, 4.69) is 0 Å². The van der Waals surface area contributed by atoms with Crippen molar-refractivity contribution in [3.05, 3.63) is 0 Å². The molecule has 0 aromatic carbocycles. The van der Waals surface area contributed by atoms with Crippen LogP contribution in [0.25, 0.3) is 0 Å². The monoisotopic (exact) mass is 294 g/mol. The number of hydrogen-bond acceptors (Lipinski definition) is 1. The average molecular weight is 294 g/mol. The molecule has 0 amide bonds. The van der Waals surface area contributed by atoms with Gasteiger partial charge in [0.2, 0.25) is 0 Å². The molecule has 0 rings (SSSR count). The first-order valence-corrected chi connectivity index (χ1v) is 0.842. The molecule has 4 heavy (non-hydrogen) atoms. The molecule has 0 aliphatic heterocycles. The molecule has 0 N–H and O–H groups in total. The molecule has 1 nitrogen and oxygen atoms in total. The molecule has 0 saturated carbocycles. The molecule has 0 heterocycles. The van der Waals surface area contributed by atoms with Crippen molar-refractivity contribution in [1.29, 1.82) is 0 Å². The van der Waals surface area contributed by atoms with E-state index in [4.69, 9.17) is 3.32 Å². The fourth-order valence-electron chi connectivity index (χ4n) is 0. The Labute approximate surface area is 99.2 Å². The zero-order valence-corrected chi connectivity index (χ0v) is 10.6. The minimum atomic E-state index is 0. The van der Waals surface area contributed by atoms with Crippen molar-refractivity contribution < 1.29 is 52.8 Å². The Hall–Kier alpha value is 2.97. The van der Waals surface area contributed by atoms with E-state index in [0.29, 0.717) is 0 Å². The van der Waals surface area contributed by atoms with Gasteiger partial charge in [-0.2, -0.15) is 0 Å². The van der Waals surface area contributed by atoms with Crippen LogP contribution >= 0.6 is 0 Å². The van der Waals surface area contributed by atoms with Crippen LogP contribution in [-0.2, 0) is 49.9 Å². The van der Waals surface area contributed by atoms with Gasteiger partial charge in [-0.25, -0.2) is 0 Å². The Bertz CT molecular complexity index is 13.5. The van der Waals surface area contributed by atoms with E-state index < -0.39 is 0 Å².